The molecule has 0 aliphatic carbocycles. The van der Waals surface area contributed by atoms with Crippen molar-refractivity contribution < 1.29 is 8.85 Å². The van der Waals surface area contributed by atoms with Crippen molar-refractivity contribution in [3.63, 3.8) is 0 Å². The van der Waals surface area contributed by atoms with E-state index in [1.165, 1.54) is 45.3 Å². The van der Waals surface area contributed by atoms with E-state index in [1.807, 2.05) is 14.2 Å². The van der Waals surface area contributed by atoms with Crippen LogP contribution in [0.2, 0.25) is 12.1 Å². The van der Waals surface area contributed by atoms with Crippen LogP contribution >= 0.6 is 0 Å². The quantitative estimate of drug-likeness (QED) is 0.287. The predicted octanol–water partition coefficient (Wildman–Crippen LogP) is 3.55. The number of hydrogen-bond acceptors (Lipinski definition) is 5. The lowest BCUT2D eigenvalue weighted by molar-refractivity contribution is 0.217. The summed E-state index contributed by atoms with van der Waals surface area (Å²) in [6, 6.07) is 2.69. The van der Waals surface area contributed by atoms with Gasteiger partial charge in [-0.2, -0.15) is 0 Å². The van der Waals surface area contributed by atoms with Gasteiger partial charge in [0.25, 0.3) is 0 Å². The molecule has 0 saturated carbocycles. The summed E-state index contributed by atoms with van der Waals surface area (Å²) < 4.78 is 11.6. The van der Waals surface area contributed by atoms with E-state index in [0.29, 0.717) is 6.04 Å². The molecule has 0 spiro atoms. The van der Waals surface area contributed by atoms with Gasteiger partial charge in [-0.1, -0.05) is 20.8 Å². The molecule has 1 N–H and O–H groups in total. The van der Waals surface area contributed by atoms with Gasteiger partial charge in [0.05, 0.1) is 0 Å². The summed E-state index contributed by atoms with van der Waals surface area (Å²) in [6.45, 7) is 15.8. The maximum absolute atomic E-state index is 5.80. The van der Waals surface area contributed by atoms with E-state index in [-0.39, 0.29) is 0 Å². The summed E-state index contributed by atoms with van der Waals surface area (Å²) in [5, 5.41) is 3.61. The summed E-state index contributed by atoms with van der Waals surface area (Å²) in [5.74, 6) is 0. The molecule has 6 heteroatoms. The van der Waals surface area contributed by atoms with Gasteiger partial charge in [-0.3, -0.25) is 0 Å². The van der Waals surface area contributed by atoms with Crippen molar-refractivity contribution >= 4 is 8.56 Å². The molecule has 0 bridgehead atoms. The van der Waals surface area contributed by atoms with E-state index in [1.54, 1.807) is 0 Å². The van der Waals surface area contributed by atoms with Gasteiger partial charge in [-0.15, -0.1) is 0 Å². The summed E-state index contributed by atoms with van der Waals surface area (Å²) in [7, 11) is 3.88. The number of nitrogens with one attached hydrogen (secondary N) is 1. The molecule has 0 heterocycles. The molecule has 0 radical (unpaired) electrons. The van der Waals surface area contributed by atoms with E-state index in [0.717, 1.165) is 31.7 Å². The first-order valence-electron chi connectivity index (χ1n) is 10.7. The number of hydrogen-bond donors (Lipinski definition) is 1. The Bertz CT molecular complexity index is 309. The Morgan fingerprint density at radius 1 is 0.923 bits per heavy atom. The molecule has 0 saturated heterocycles. The largest absolute Gasteiger partial charge is 0.398 e. The van der Waals surface area contributed by atoms with Crippen molar-refractivity contribution in [3.05, 3.63) is 0 Å². The molecular weight excluding hydrogens is 342 g/mol. The number of nitrogens with zero attached hydrogens (tertiary/aromatic N) is 2. The predicted molar refractivity (Wildman–Crippen MR) is 116 cm³/mol. The second-order valence-corrected chi connectivity index (χ2v) is 11.4. The zero-order chi connectivity index (χ0) is 19.8. The fourth-order valence-electron chi connectivity index (χ4n) is 3.27. The summed E-state index contributed by atoms with van der Waals surface area (Å²) >= 11 is 0. The van der Waals surface area contributed by atoms with Gasteiger partial charge in [0.15, 0.2) is 0 Å². The van der Waals surface area contributed by atoms with Crippen LogP contribution in [0, 0.1) is 0 Å². The molecule has 158 valence electrons. The SMILES string of the molecule is CCCN(C)CCCN(CCCNC(C)CC)CC[Si](CC)(OC)OC. The van der Waals surface area contributed by atoms with E-state index < -0.39 is 8.56 Å². The maximum Gasteiger partial charge on any atom is 0.338 e. The highest BCUT2D eigenvalue weighted by Gasteiger charge is 2.33. The van der Waals surface area contributed by atoms with Crippen LogP contribution in [0.25, 0.3) is 0 Å². The molecule has 0 aromatic heterocycles. The van der Waals surface area contributed by atoms with Gasteiger partial charge in [0.1, 0.15) is 0 Å². The van der Waals surface area contributed by atoms with Crippen molar-refractivity contribution in [3.8, 4) is 0 Å². The third-order valence-corrected chi connectivity index (χ3v) is 9.02. The lowest BCUT2D eigenvalue weighted by Gasteiger charge is -2.30. The summed E-state index contributed by atoms with van der Waals surface area (Å²) in [5.41, 5.74) is 0. The molecule has 0 rings (SSSR count). The molecule has 0 aromatic carbocycles. The van der Waals surface area contributed by atoms with Crippen LogP contribution in [0.4, 0.5) is 0 Å². The van der Waals surface area contributed by atoms with Crippen molar-refractivity contribution in [1.29, 1.82) is 0 Å². The van der Waals surface area contributed by atoms with Crippen LogP contribution in [0.3, 0.4) is 0 Å². The molecular formula is C20H47N3O2Si. The van der Waals surface area contributed by atoms with Crippen molar-refractivity contribution in [1.82, 2.24) is 15.1 Å². The topological polar surface area (TPSA) is 37.0 Å². The first-order valence-corrected chi connectivity index (χ1v) is 12.9. The second kappa shape index (κ2) is 16.0. The van der Waals surface area contributed by atoms with Crippen molar-refractivity contribution in [2.45, 2.75) is 71.5 Å². The van der Waals surface area contributed by atoms with Crippen molar-refractivity contribution in [2.75, 3.05) is 60.5 Å². The molecule has 1 atom stereocenters. The zero-order valence-corrected chi connectivity index (χ0v) is 19.8. The Hall–Kier alpha value is 0.0169. The lowest BCUT2D eigenvalue weighted by Crippen LogP contribution is -2.43. The summed E-state index contributed by atoms with van der Waals surface area (Å²) in [6.07, 6.45) is 4.86. The van der Waals surface area contributed by atoms with Crippen LogP contribution in [-0.2, 0) is 8.85 Å². The van der Waals surface area contributed by atoms with Crippen LogP contribution < -0.4 is 5.32 Å². The molecule has 0 aromatic rings. The zero-order valence-electron chi connectivity index (χ0n) is 18.8. The fraction of sp³-hybridized carbons (Fsp3) is 1.00. The van der Waals surface area contributed by atoms with Gasteiger partial charge in [0, 0.05) is 32.9 Å². The van der Waals surface area contributed by atoms with E-state index in [9.17, 15) is 0 Å². The fourth-order valence-corrected chi connectivity index (χ4v) is 5.43. The molecule has 0 aliphatic rings. The Balaban J connectivity index is 4.42. The van der Waals surface area contributed by atoms with Gasteiger partial charge >= 0.3 is 8.56 Å². The van der Waals surface area contributed by atoms with E-state index in [2.05, 4.69) is 49.9 Å². The van der Waals surface area contributed by atoms with E-state index in [4.69, 9.17) is 8.85 Å². The minimum absolute atomic E-state index is 0.619. The molecule has 0 aliphatic heterocycles. The Labute approximate surface area is 165 Å². The highest BCUT2D eigenvalue weighted by atomic mass is 28.4. The van der Waals surface area contributed by atoms with Crippen molar-refractivity contribution in [2.24, 2.45) is 0 Å². The van der Waals surface area contributed by atoms with Crippen LogP contribution in [0.1, 0.15) is 53.4 Å². The standard InChI is InChI=1S/C20H47N3O2Si/c1-8-14-22(5)15-12-17-23(16-11-13-21-20(4)9-2)18-19-26(10-3,24-6)25-7/h20-21H,8-19H2,1-7H3. The third kappa shape index (κ3) is 11.7. The molecule has 5 nitrogen and oxygen atoms in total. The Kier molecular flexibility index (Phi) is 16.0. The highest BCUT2D eigenvalue weighted by Crippen LogP contribution is 2.17. The number of rotatable bonds is 18. The van der Waals surface area contributed by atoms with Crippen LogP contribution in [-0.4, -0.2) is 84.9 Å². The molecule has 0 fully saturated rings. The molecule has 0 amide bonds. The average molecular weight is 390 g/mol. The van der Waals surface area contributed by atoms with Crippen LogP contribution in [0.5, 0.6) is 0 Å². The average Bonchev–Trinajstić information content (AvgIpc) is 2.65. The maximum atomic E-state index is 5.80. The minimum atomic E-state index is -1.99. The van der Waals surface area contributed by atoms with Crippen LogP contribution in [0.15, 0.2) is 0 Å². The third-order valence-electron chi connectivity index (χ3n) is 5.47. The highest BCUT2D eigenvalue weighted by molar-refractivity contribution is 6.67. The van der Waals surface area contributed by atoms with Gasteiger partial charge < -0.3 is 24.0 Å². The monoisotopic (exact) mass is 389 g/mol. The first-order chi connectivity index (χ1) is 12.5. The smallest absolute Gasteiger partial charge is 0.338 e. The normalized spacial score (nSPS) is 13.7. The van der Waals surface area contributed by atoms with Gasteiger partial charge in [0.2, 0.25) is 0 Å². The first kappa shape index (κ1) is 26.0. The van der Waals surface area contributed by atoms with Gasteiger partial charge in [-0.05, 0) is 78.4 Å². The Morgan fingerprint density at radius 3 is 2.12 bits per heavy atom. The van der Waals surface area contributed by atoms with E-state index >= 15 is 0 Å². The summed E-state index contributed by atoms with van der Waals surface area (Å²) in [4.78, 5) is 5.06. The second-order valence-electron chi connectivity index (χ2n) is 7.54. The minimum Gasteiger partial charge on any atom is -0.398 e. The van der Waals surface area contributed by atoms with Gasteiger partial charge in [-0.25, -0.2) is 0 Å². The molecule has 26 heavy (non-hydrogen) atoms. The lowest BCUT2D eigenvalue weighted by atomic mass is 10.2. The molecule has 1 unspecified atom stereocenters. The Morgan fingerprint density at radius 2 is 1.58 bits per heavy atom.